The Hall–Kier alpha value is -1.45. The van der Waals surface area contributed by atoms with Crippen LogP contribution in [0.4, 0.5) is 0 Å². The maximum atomic E-state index is 11.3. The van der Waals surface area contributed by atoms with E-state index in [9.17, 15) is 9.90 Å². The predicted molar refractivity (Wildman–Crippen MR) is 82.0 cm³/mol. The number of halogens is 2. The molecule has 5 heteroatoms. The molecule has 0 aliphatic heterocycles. The van der Waals surface area contributed by atoms with Crippen molar-refractivity contribution in [1.82, 2.24) is 4.57 Å². The minimum Gasteiger partial charge on any atom is -0.478 e. The van der Waals surface area contributed by atoms with Gasteiger partial charge in [-0.1, -0.05) is 29.3 Å². The number of hydrogen-bond acceptors (Lipinski definition) is 1. The van der Waals surface area contributed by atoms with Gasteiger partial charge in [0.05, 0.1) is 15.6 Å². The van der Waals surface area contributed by atoms with Crippen LogP contribution < -0.4 is 0 Å². The molecule has 1 aromatic heterocycles. The summed E-state index contributed by atoms with van der Waals surface area (Å²) in [4.78, 5) is 11.3. The molecule has 0 aliphatic rings. The lowest BCUT2D eigenvalue weighted by Gasteiger charge is -2.16. The monoisotopic (exact) mass is 311 g/mol. The second kappa shape index (κ2) is 5.51. The highest BCUT2D eigenvalue weighted by atomic mass is 35.5. The van der Waals surface area contributed by atoms with Gasteiger partial charge < -0.3 is 9.67 Å². The van der Waals surface area contributed by atoms with Crippen LogP contribution in [0.15, 0.2) is 24.3 Å². The fraction of sp³-hybridized carbons (Fsp3) is 0.267. The Morgan fingerprint density at radius 2 is 1.85 bits per heavy atom. The summed E-state index contributed by atoms with van der Waals surface area (Å²) < 4.78 is 1.99. The van der Waals surface area contributed by atoms with Crippen molar-refractivity contribution < 1.29 is 9.90 Å². The lowest BCUT2D eigenvalue weighted by Crippen LogP contribution is -2.06. The van der Waals surface area contributed by atoms with E-state index in [1.165, 1.54) is 0 Å². The average Bonchev–Trinajstić information content (AvgIpc) is 2.70. The van der Waals surface area contributed by atoms with E-state index in [0.717, 1.165) is 17.0 Å². The standard InChI is InChI=1S/C15H15Cl2NO2/c1-8(2)18-9(3)11(15(19)20)7-14(18)10-4-5-12(16)13(17)6-10/h4-8H,1-3H3,(H,19,20). The Balaban J connectivity index is 2.69. The Morgan fingerprint density at radius 1 is 1.20 bits per heavy atom. The van der Waals surface area contributed by atoms with Gasteiger partial charge in [0.25, 0.3) is 0 Å². The van der Waals surface area contributed by atoms with Gasteiger partial charge in [0.2, 0.25) is 0 Å². The van der Waals surface area contributed by atoms with Crippen LogP contribution in [0, 0.1) is 6.92 Å². The second-order valence-electron chi connectivity index (χ2n) is 4.93. The fourth-order valence-electron chi connectivity index (χ4n) is 2.38. The highest BCUT2D eigenvalue weighted by Gasteiger charge is 2.19. The molecule has 0 fully saturated rings. The van der Waals surface area contributed by atoms with E-state index in [1.807, 2.05) is 31.4 Å². The predicted octanol–water partition coefficient (Wildman–Crippen LogP) is 5.05. The van der Waals surface area contributed by atoms with Crippen molar-refractivity contribution in [3.05, 3.63) is 45.6 Å². The first-order valence-corrected chi connectivity index (χ1v) is 6.99. The van der Waals surface area contributed by atoms with Gasteiger partial charge in [-0.25, -0.2) is 4.79 Å². The van der Waals surface area contributed by atoms with Crippen molar-refractivity contribution in [3.8, 4) is 11.3 Å². The van der Waals surface area contributed by atoms with Gasteiger partial charge in [0.15, 0.2) is 0 Å². The summed E-state index contributed by atoms with van der Waals surface area (Å²) >= 11 is 12.0. The van der Waals surface area contributed by atoms with E-state index in [2.05, 4.69) is 0 Å². The third-order valence-electron chi connectivity index (χ3n) is 3.25. The molecule has 0 atom stereocenters. The Kier molecular flexibility index (Phi) is 4.11. The molecule has 0 bridgehead atoms. The molecule has 20 heavy (non-hydrogen) atoms. The number of benzene rings is 1. The molecule has 0 aliphatic carbocycles. The first-order valence-electron chi connectivity index (χ1n) is 6.23. The van der Waals surface area contributed by atoms with Gasteiger partial charge in [-0.2, -0.15) is 0 Å². The van der Waals surface area contributed by atoms with Gasteiger partial charge in [-0.05, 0) is 44.5 Å². The summed E-state index contributed by atoms with van der Waals surface area (Å²) in [7, 11) is 0. The Bertz CT molecular complexity index is 675. The van der Waals surface area contributed by atoms with Gasteiger partial charge in [0, 0.05) is 17.4 Å². The van der Waals surface area contributed by atoms with Crippen LogP contribution in [0.1, 0.15) is 35.9 Å². The summed E-state index contributed by atoms with van der Waals surface area (Å²) in [5, 5.41) is 10.2. The molecule has 0 radical (unpaired) electrons. The zero-order chi connectivity index (χ0) is 15.0. The molecule has 106 valence electrons. The van der Waals surface area contributed by atoms with Gasteiger partial charge in [0.1, 0.15) is 0 Å². The number of carboxylic acid groups (broad SMARTS) is 1. The van der Waals surface area contributed by atoms with E-state index in [0.29, 0.717) is 15.6 Å². The summed E-state index contributed by atoms with van der Waals surface area (Å²) in [6, 6.07) is 7.13. The Labute approximate surface area is 127 Å². The van der Waals surface area contributed by atoms with Crippen LogP contribution in [-0.4, -0.2) is 15.6 Å². The van der Waals surface area contributed by atoms with E-state index >= 15 is 0 Å². The molecule has 2 aromatic rings. The van der Waals surface area contributed by atoms with Crippen LogP contribution in [0.25, 0.3) is 11.3 Å². The maximum Gasteiger partial charge on any atom is 0.337 e. The van der Waals surface area contributed by atoms with Crippen molar-refractivity contribution in [3.63, 3.8) is 0 Å². The van der Waals surface area contributed by atoms with Crippen molar-refractivity contribution >= 4 is 29.2 Å². The number of carboxylic acids is 1. The van der Waals surface area contributed by atoms with Crippen LogP contribution in [-0.2, 0) is 0 Å². The van der Waals surface area contributed by atoms with Crippen molar-refractivity contribution in [2.75, 3.05) is 0 Å². The summed E-state index contributed by atoms with van der Waals surface area (Å²) in [6.45, 7) is 5.84. The minimum absolute atomic E-state index is 0.146. The molecule has 0 spiro atoms. The summed E-state index contributed by atoms with van der Waals surface area (Å²) in [5.41, 5.74) is 2.71. The zero-order valence-corrected chi connectivity index (χ0v) is 13.0. The molecular formula is C15H15Cl2NO2. The second-order valence-corrected chi connectivity index (χ2v) is 5.74. The minimum atomic E-state index is -0.928. The van der Waals surface area contributed by atoms with Gasteiger partial charge in [-0.15, -0.1) is 0 Å². The van der Waals surface area contributed by atoms with Gasteiger partial charge in [-0.3, -0.25) is 0 Å². The van der Waals surface area contributed by atoms with Crippen molar-refractivity contribution in [1.29, 1.82) is 0 Å². The van der Waals surface area contributed by atoms with Crippen molar-refractivity contribution in [2.24, 2.45) is 0 Å². The largest absolute Gasteiger partial charge is 0.478 e. The zero-order valence-electron chi connectivity index (χ0n) is 11.4. The van der Waals surface area contributed by atoms with E-state index in [1.54, 1.807) is 18.2 Å². The maximum absolute atomic E-state index is 11.3. The van der Waals surface area contributed by atoms with Crippen LogP contribution in [0.2, 0.25) is 10.0 Å². The average molecular weight is 312 g/mol. The van der Waals surface area contributed by atoms with Gasteiger partial charge >= 0.3 is 5.97 Å². The first kappa shape index (κ1) is 14.9. The molecule has 0 amide bonds. The molecule has 1 N–H and O–H groups in total. The van der Waals surface area contributed by atoms with E-state index in [4.69, 9.17) is 23.2 Å². The van der Waals surface area contributed by atoms with E-state index in [-0.39, 0.29) is 6.04 Å². The highest BCUT2D eigenvalue weighted by Crippen LogP contribution is 2.33. The lowest BCUT2D eigenvalue weighted by molar-refractivity contribution is 0.0696. The van der Waals surface area contributed by atoms with E-state index < -0.39 is 5.97 Å². The molecule has 0 saturated carbocycles. The summed E-state index contributed by atoms with van der Waals surface area (Å²) in [5.74, 6) is -0.928. The van der Waals surface area contributed by atoms with Crippen molar-refractivity contribution in [2.45, 2.75) is 26.8 Å². The fourth-order valence-corrected chi connectivity index (χ4v) is 2.68. The molecule has 1 aromatic carbocycles. The normalized spacial score (nSPS) is 11.1. The number of hydrogen-bond donors (Lipinski definition) is 1. The molecule has 1 heterocycles. The molecule has 0 saturated heterocycles. The van der Waals surface area contributed by atoms with Crippen LogP contribution in [0.3, 0.4) is 0 Å². The first-order chi connectivity index (χ1) is 9.32. The number of rotatable bonds is 3. The SMILES string of the molecule is Cc1c(C(=O)O)cc(-c2ccc(Cl)c(Cl)c2)n1C(C)C. The third kappa shape index (κ3) is 2.56. The number of carbonyl (C=O) groups is 1. The lowest BCUT2D eigenvalue weighted by atomic mass is 10.1. The summed E-state index contributed by atoms with van der Waals surface area (Å²) in [6.07, 6.45) is 0. The molecule has 2 rings (SSSR count). The molecule has 3 nitrogen and oxygen atoms in total. The Morgan fingerprint density at radius 3 is 2.35 bits per heavy atom. The molecule has 0 unspecified atom stereocenters. The smallest absolute Gasteiger partial charge is 0.337 e. The molecular weight excluding hydrogens is 297 g/mol. The highest BCUT2D eigenvalue weighted by molar-refractivity contribution is 6.42. The number of nitrogens with zero attached hydrogens (tertiary/aromatic N) is 1. The van der Waals surface area contributed by atoms with Crippen LogP contribution in [0.5, 0.6) is 0 Å². The number of aromatic nitrogens is 1. The third-order valence-corrected chi connectivity index (χ3v) is 3.99. The van der Waals surface area contributed by atoms with Crippen LogP contribution >= 0.6 is 23.2 Å². The quantitative estimate of drug-likeness (QED) is 0.861. The topological polar surface area (TPSA) is 42.2 Å². The number of aromatic carboxylic acids is 1.